The number of hydrogen-bond acceptors (Lipinski definition) is 6. The van der Waals surface area contributed by atoms with Gasteiger partial charge in [-0.25, -0.2) is 12.8 Å². The molecule has 0 radical (unpaired) electrons. The highest BCUT2D eigenvalue weighted by Crippen LogP contribution is 2.23. The maximum absolute atomic E-state index is 13.7. The van der Waals surface area contributed by atoms with Gasteiger partial charge in [-0.05, 0) is 24.6 Å². The molecule has 0 aliphatic carbocycles. The molecule has 0 amide bonds. The monoisotopic (exact) mass is 334 g/mol. The molecule has 114 valence electrons. The molecule has 0 saturated heterocycles. The zero-order valence-corrected chi connectivity index (χ0v) is 12.6. The summed E-state index contributed by atoms with van der Waals surface area (Å²) in [6, 6.07) is 3.12. The van der Waals surface area contributed by atoms with Crippen LogP contribution in [0.25, 0.3) is 0 Å². The first-order chi connectivity index (χ1) is 9.90. The molecule has 0 N–H and O–H groups in total. The van der Waals surface area contributed by atoms with Crippen LogP contribution in [0.4, 0.5) is 4.39 Å². The van der Waals surface area contributed by atoms with E-state index in [-0.39, 0.29) is 23.1 Å². The molecule has 21 heavy (non-hydrogen) atoms. The van der Waals surface area contributed by atoms with Crippen LogP contribution in [0.15, 0.2) is 27.6 Å². The van der Waals surface area contributed by atoms with Gasteiger partial charge in [0.25, 0.3) is 9.05 Å². The van der Waals surface area contributed by atoms with E-state index in [2.05, 4.69) is 10.1 Å². The number of halogens is 2. The molecular weight excluding hydrogens is 323 g/mol. The Hall–Kier alpha value is -1.67. The van der Waals surface area contributed by atoms with E-state index in [1.165, 1.54) is 6.07 Å². The summed E-state index contributed by atoms with van der Waals surface area (Å²) in [7, 11) is 1.15. The number of aryl methyl sites for hydroxylation is 1. The summed E-state index contributed by atoms with van der Waals surface area (Å²) in [5.41, 5.74) is 0. The third-order valence-electron chi connectivity index (χ3n) is 2.52. The first kappa shape index (κ1) is 15.7. The third-order valence-corrected chi connectivity index (χ3v) is 3.87. The summed E-state index contributed by atoms with van der Waals surface area (Å²) in [6.07, 6.45) is 1.52. The van der Waals surface area contributed by atoms with Crippen molar-refractivity contribution in [1.29, 1.82) is 0 Å². The zero-order chi connectivity index (χ0) is 15.5. The van der Waals surface area contributed by atoms with E-state index < -0.39 is 14.9 Å². The van der Waals surface area contributed by atoms with Crippen LogP contribution in [0.3, 0.4) is 0 Å². The number of nitrogens with zero attached hydrogens (tertiary/aromatic N) is 2. The van der Waals surface area contributed by atoms with Crippen LogP contribution in [-0.2, 0) is 22.1 Å². The Morgan fingerprint density at radius 1 is 1.43 bits per heavy atom. The Morgan fingerprint density at radius 3 is 2.81 bits per heavy atom. The summed E-state index contributed by atoms with van der Waals surface area (Å²) in [5, 5.41) is 3.69. The second-order valence-electron chi connectivity index (χ2n) is 4.17. The van der Waals surface area contributed by atoms with Crippen LogP contribution < -0.4 is 4.74 Å². The minimum atomic E-state index is -3.98. The molecule has 1 heterocycles. The normalized spacial score (nSPS) is 11.6. The molecule has 0 saturated carbocycles. The van der Waals surface area contributed by atoms with Crippen LogP contribution >= 0.6 is 10.7 Å². The van der Waals surface area contributed by atoms with Crippen LogP contribution in [0.5, 0.6) is 5.75 Å². The molecule has 0 spiro atoms. The fraction of sp³-hybridized carbons (Fsp3) is 0.333. The van der Waals surface area contributed by atoms with Crippen molar-refractivity contribution in [2.24, 2.45) is 0 Å². The third kappa shape index (κ3) is 4.15. The van der Waals surface area contributed by atoms with Gasteiger partial charge >= 0.3 is 0 Å². The molecule has 0 unspecified atom stereocenters. The first-order valence-corrected chi connectivity index (χ1v) is 8.39. The topological polar surface area (TPSA) is 82.3 Å². The molecule has 0 aliphatic rings. The molecule has 1 aromatic heterocycles. The minimum absolute atomic E-state index is 0.0862. The van der Waals surface area contributed by atoms with E-state index >= 15 is 0 Å². The number of benzene rings is 1. The fourth-order valence-electron chi connectivity index (χ4n) is 1.56. The van der Waals surface area contributed by atoms with Gasteiger partial charge in [0, 0.05) is 17.1 Å². The van der Waals surface area contributed by atoms with Gasteiger partial charge in [0.05, 0.1) is 4.90 Å². The standard InChI is InChI=1S/C12H12ClFN2O4S/c1-2-3-12-15-11(16-20-12)7-19-10-5-4-8(6-9(10)14)21(13,17)18/h4-6H,2-3,7H2,1H3. The van der Waals surface area contributed by atoms with Gasteiger partial charge in [0.15, 0.2) is 18.2 Å². The Bertz CT molecular complexity index is 733. The molecule has 2 aromatic rings. The average molecular weight is 335 g/mol. The van der Waals surface area contributed by atoms with Crippen molar-refractivity contribution >= 4 is 19.7 Å². The highest BCUT2D eigenvalue weighted by atomic mass is 35.7. The highest BCUT2D eigenvalue weighted by molar-refractivity contribution is 8.13. The smallest absolute Gasteiger partial charge is 0.261 e. The van der Waals surface area contributed by atoms with Gasteiger partial charge in [-0.15, -0.1) is 0 Å². The predicted molar refractivity (Wildman–Crippen MR) is 72.1 cm³/mol. The quantitative estimate of drug-likeness (QED) is 0.755. The highest BCUT2D eigenvalue weighted by Gasteiger charge is 2.14. The van der Waals surface area contributed by atoms with Gasteiger partial charge < -0.3 is 9.26 Å². The SMILES string of the molecule is CCCc1nc(COc2ccc(S(=O)(=O)Cl)cc2F)no1. The van der Waals surface area contributed by atoms with Crippen molar-refractivity contribution in [3.05, 3.63) is 35.7 Å². The van der Waals surface area contributed by atoms with Gasteiger partial charge in [0.2, 0.25) is 11.7 Å². The first-order valence-electron chi connectivity index (χ1n) is 6.08. The van der Waals surface area contributed by atoms with Crippen molar-refractivity contribution in [2.75, 3.05) is 0 Å². The summed E-state index contributed by atoms with van der Waals surface area (Å²) in [6.45, 7) is 1.89. The summed E-state index contributed by atoms with van der Waals surface area (Å²) in [4.78, 5) is 3.72. The Kier molecular flexibility index (Phi) is 4.79. The van der Waals surface area contributed by atoms with E-state index in [9.17, 15) is 12.8 Å². The molecule has 9 heteroatoms. The Labute approximate surface area is 125 Å². The van der Waals surface area contributed by atoms with E-state index in [1.54, 1.807) is 0 Å². The van der Waals surface area contributed by atoms with Crippen molar-refractivity contribution in [3.63, 3.8) is 0 Å². The van der Waals surface area contributed by atoms with Crippen molar-refractivity contribution in [1.82, 2.24) is 10.1 Å². The summed E-state index contributed by atoms with van der Waals surface area (Å²) < 4.78 is 46.0. The van der Waals surface area contributed by atoms with Gasteiger partial charge in [-0.1, -0.05) is 12.1 Å². The lowest BCUT2D eigenvalue weighted by Crippen LogP contribution is -2.01. The minimum Gasteiger partial charge on any atom is -0.482 e. The molecule has 0 atom stereocenters. The molecule has 0 aliphatic heterocycles. The van der Waals surface area contributed by atoms with Gasteiger partial charge in [0.1, 0.15) is 0 Å². The summed E-state index contributed by atoms with van der Waals surface area (Å²) in [5.74, 6) is -0.193. The predicted octanol–water partition coefficient (Wildman–Crippen LogP) is 2.67. The van der Waals surface area contributed by atoms with Crippen LogP contribution in [0, 0.1) is 5.82 Å². The molecule has 0 fully saturated rings. The van der Waals surface area contributed by atoms with E-state index in [0.717, 1.165) is 18.6 Å². The molecular formula is C12H12ClFN2O4S. The average Bonchev–Trinajstić information content (AvgIpc) is 2.84. The van der Waals surface area contributed by atoms with Gasteiger partial charge in [-0.3, -0.25) is 0 Å². The second kappa shape index (κ2) is 6.40. The zero-order valence-electron chi connectivity index (χ0n) is 11.0. The van der Waals surface area contributed by atoms with Crippen LogP contribution in [0.2, 0.25) is 0 Å². The van der Waals surface area contributed by atoms with Gasteiger partial charge in [-0.2, -0.15) is 4.98 Å². The second-order valence-corrected chi connectivity index (χ2v) is 6.74. The summed E-state index contributed by atoms with van der Waals surface area (Å²) >= 11 is 0. The number of hydrogen-bond donors (Lipinski definition) is 0. The lowest BCUT2D eigenvalue weighted by molar-refractivity contribution is 0.272. The lowest BCUT2D eigenvalue weighted by atomic mass is 10.3. The Morgan fingerprint density at radius 2 is 2.19 bits per heavy atom. The molecule has 2 rings (SSSR count). The lowest BCUT2D eigenvalue weighted by Gasteiger charge is -2.05. The van der Waals surface area contributed by atoms with E-state index in [1.807, 2.05) is 6.92 Å². The number of aromatic nitrogens is 2. The fourth-order valence-corrected chi connectivity index (χ4v) is 2.32. The number of rotatable bonds is 6. The van der Waals surface area contributed by atoms with Crippen molar-refractivity contribution in [3.8, 4) is 5.75 Å². The van der Waals surface area contributed by atoms with E-state index in [0.29, 0.717) is 12.3 Å². The van der Waals surface area contributed by atoms with Crippen LogP contribution in [-0.4, -0.2) is 18.6 Å². The number of ether oxygens (including phenoxy) is 1. The van der Waals surface area contributed by atoms with Crippen molar-refractivity contribution in [2.45, 2.75) is 31.3 Å². The van der Waals surface area contributed by atoms with Crippen LogP contribution in [0.1, 0.15) is 25.1 Å². The molecule has 0 bridgehead atoms. The maximum Gasteiger partial charge on any atom is 0.261 e. The maximum atomic E-state index is 13.7. The van der Waals surface area contributed by atoms with E-state index in [4.69, 9.17) is 19.9 Å². The van der Waals surface area contributed by atoms with Crippen molar-refractivity contribution < 1.29 is 22.1 Å². The molecule has 6 nitrogen and oxygen atoms in total. The molecule has 1 aromatic carbocycles. The Balaban J connectivity index is 2.06. The largest absolute Gasteiger partial charge is 0.482 e.